The molecule has 0 saturated heterocycles. The lowest BCUT2D eigenvalue weighted by Gasteiger charge is -2.56. The van der Waals surface area contributed by atoms with Gasteiger partial charge in [0.25, 0.3) is 5.91 Å². The first kappa shape index (κ1) is 20.5. The predicted octanol–water partition coefficient (Wildman–Crippen LogP) is 3.26. The molecule has 166 valence electrons. The van der Waals surface area contributed by atoms with Crippen LogP contribution in [0.5, 0.6) is 0 Å². The van der Waals surface area contributed by atoms with Crippen LogP contribution < -0.4 is 0 Å². The van der Waals surface area contributed by atoms with E-state index in [1.807, 2.05) is 24.3 Å². The van der Waals surface area contributed by atoms with Gasteiger partial charge in [0.2, 0.25) is 0 Å². The molecule has 5 aliphatic rings. The number of esters is 2. The maximum absolute atomic E-state index is 12.9. The highest BCUT2D eigenvalue weighted by atomic mass is 16.5. The van der Waals surface area contributed by atoms with Crippen LogP contribution in [-0.2, 0) is 36.8 Å². The van der Waals surface area contributed by atoms with Crippen molar-refractivity contribution < 1.29 is 23.9 Å². The van der Waals surface area contributed by atoms with E-state index in [1.165, 1.54) is 31.3 Å². The zero-order valence-corrected chi connectivity index (χ0v) is 18.2. The molecule has 6 nitrogen and oxygen atoms in total. The summed E-state index contributed by atoms with van der Waals surface area (Å²) in [6.45, 7) is 0.00214. The fraction of sp³-hybridized carbons (Fsp3) is 0.640. The molecule has 31 heavy (non-hydrogen) atoms. The van der Waals surface area contributed by atoms with Crippen molar-refractivity contribution in [1.29, 1.82) is 0 Å². The maximum atomic E-state index is 12.9. The summed E-state index contributed by atoms with van der Waals surface area (Å²) >= 11 is 0. The molecule has 0 radical (unpaired) electrons. The van der Waals surface area contributed by atoms with Crippen molar-refractivity contribution in [1.82, 2.24) is 4.90 Å². The Kier molecular flexibility index (Phi) is 5.27. The van der Waals surface area contributed by atoms with E-state index in [1.54, 1.807) is 0 Å². The van der Waals surface area contributed by atoms with Crippen LogP contribution in [-0.4, -0.2) is 42.5 Å². The third-order valence-electron chi connectivity index (χ3n) is 8.08. The van der Waals surface area contributed by atoms with Crippen LogP contribution in [0, 0.1) is 23.2 Å². The van der Waals surface area contributed by atoms with Gasteiger partial charge < -0.3 is 14.4 Å². The largest absolute Gasteiger partial charge is 0.467 e. The minimum absolute atomic E-state index is 0.0908. The second-order valence-electron chi connectivity index (χ2n) is 10.3. The number of ether oxygens (including phenoxy) is 2. The molecule has 4 saturated carbocycles. The Morgan fingerprint density at radius 1 is 1.00 bits per heavy atom. The molecule has 0 aromatic heterocycles. The standard InChI is InChI=1S/C25H31NO5/c1-30-24(29)21-9-19-4-2-3-5-20(19)14-26(21)22(27)15-31-23(28)13-25-10-16-6-17(11-25)8-18(7-16)12-25/h2-5,16-18,21H,6-15H2,1H3/t16?,17?,18?,21-,25?/m0/s1. The summed E-state index contributed by atoms with van der Waals surface area (Å²) in [6, 6.07) is 7.09. The molecular formula is C25H31NO5. The average molecular weight is 426 g/mol. The molecule has 1 aliphatic heterocycles. The number of benzene rings is 1. The lowest BCUT2D eigenvalue weighted by Crippen LogP contribution is -2.50. The number of rotatable bonds is 5. The second kappa shape index (κ2) is 7.95. The second-order valence-corrected chi connectivity index (χ2v) is 10.3. The normalized spacial score (nSPS) is 33.0. The lowest BCUT2D eigenvalue weighted by atomic mass is 9.49. The molecule has 1 aromatic carbocycles. The van der Waals surface area contributed by atoms with Crippen LogP contribution in [0.3, 0.4) is 0 Å². The Hall–Kier alpha value is -2.37. The molecule has 4 bridgehead atoms. The fourth-order valence-corrected chi connectivity index (χ4v) is 7.22. The average Bonchev–Trinajstić information content (AvgIpc) is 2.74. The number of fused-ring (bicyclic) bond motifs is 1. The van der Waals surface area contributed by atoms with Crippen LogP contribution in [0.1, 0.15) is 56.1 Å². The number of nitrogens with zero attached hydrogens (tertiary/aromatic N) is 1. The highest BCUT2D eigenvalue weighted by Gasteiger charge is 2.51. The van der Waals surface area contributed by atoms with Gasteiger partial charge in [0, 0.05) is 13.0 Å². The SMILES string of the molecule is COC(=O)[C@@H]1Cc2ccccc2CN1C(=O)COC(=O)CC12CC3CC(CC(C3)C1)C2. The summed E-state index contributed by atoms with van der Waals surface area (Å²) in [4.78, 5) is 39.5. The summed E-state index contributed by atoms with van der Waals surface area (Å²) < 4.78 is 10.4. The van der Waals surface area contributed by atoms with Crippen LogP contribution >= 0.6 is 0 Å². The summed E-state index contributed by atoms with van der Waals surface area (Å²) in [5.74, 6) is 1.26. The Balaban J connectivity index is 1.21. The molecule has 1 amide bonds. The van der Waals surface area contributed by atoms with Crippen molar-refractivity contribution in [2.45, 2.75) is 64.0 Å². The third kappa shape index (κ3) is 3.97. The van der Waals surface area contributed by atoms with Crippen LogP contribution in [0.15, 0.2) is 24.3 Å². The van der Waals surface area contributed by atoms with Gasteiger partial charge in [-0.1, -0.05) is 24.3 Å². The molecule has 4 fully saturated rings. The molecule has 6 rings (SSSR count). The zero-order valence-electron chi connectivity index (χ0n) is 18.2. The smallest absolute Gasteiger partial charge is 0.328 e. The molecule has 1 aromatic rings. The first-order valence-corrected chi connectivity index (χ1v) is 11.5. The Bertz CT molecular complexity index is 858. The van der Waals surface area contributed by atoms with Crippen molar-refractivity contribution in [3.05, 3.63) is 35.4 Å². The Labute approximate surface area is 183 Å². The minimum atomic E-state index is -0.686. The maximum Gasteiger partial charge on any atom is 0.328 e. The summed E-state index contributed by atoms with van der Waals surface area (Å²) in [5, 5.41) is 0. The summed E-state index contributed by atoms with van der Waals surface area (Å²) in [6.07, 6.45) is 8.23. The van der Waals surface area contributed by atoms with Crippen LogP contribution in [0.4, 0.5) is 0 Å². The molecule has 0 unspecified atom stereocenters. The van der Waals surface area contributed by atoms with E-state index < -0.39 is 12.0 Å². The predicted molar refractivity (Wildman–Crippen MR) is 113 cm³/mol. The topological polar surface area (TPSA) is 72.9 Å². The number of hydrogen-bond acceptors (Lipinski definition) is 5. The van der Waals surface area contributed by atoms with Gasteiger partial charge in [0.1, 0.15) is 6.04 Å². The number of carbonyl (C=O) groups excluding carboxylic acids is 3. The molecule has 1 heterocycles. The van der Waals surface area contributed by atoms with Gasteiger partial charge in [-0.25, -0.2) is 4.79 Å². The molecule has 6 heteroatoms. The van der Waals surface area contributed by atoms with E-state index in [4.69, 9.17) is 9.47 Å². The van der Waals surface area contributed by atoms with Gasteiger partial charge in [-0.05, 0) is 72.8 Å². The van der Waals surface area contributed by atoms with Crippen LogP contribution in [0.25, 0.3) is 0 Å². The zero-order chi connectivity index (χ0) is 21.6. The van der Waals surface area contributed by atoms with Gasteiger partial charge in [0.05, 0.1) is 13.5 Å². The molecular weight excluding hydrogens is 394 g/mol. The van der Waals surface area contributed by atoms with Crippen molar-refractivity contribution >= 4 is 17.8 Å². The van der Waals surface area contributed by atoms with Crippen molar-refractivity contribution in [2.75, 3.05) is 13.7 Å². The van der Waals surface area contributed by atoms with Crippen molar-refractivity contribution in [3.63, 3.8) is 0 Å². The Morgan fingerprint density at radius 2 is 1.61 bits per heavy atom. The lowest BCUT2D eigenvalue weighted by molar-refractivity contribution is -0.162. The monoisotopic (exact) mass is 425 g/mol. The number of methoxy groups -OCH3 is 1. The van der Waals surface area contributed by atoms with Gasteiger partial charge in [-0.3, -0.25) is 9.59 Å². The van der Waals surface area contributed by atoms with Gasteiger partial charge in [-0.15, -0.1) is 0 Å². The van der Waals surface area contributed by atoms with E-state index in [-0.39, 0.29) is 23.9 Å². The first-order chi connectivity index (χ1) is 14.9. The molecule has 0 N–H and O–H groups in total. The van der Waals surface area contributed by atoms with E-state index in [9.17, 15) is 14.4 Å². The van der Waals surface area contributed by atoms with E-state index in [0.717, 1.165) is 48.1 Å². The third-order valence-corrected chi connectivity index (χ3v) is 8.08. The highest BCUT2D eigenvalue weighted by Crippen LogP contribution is 2.61. The van der Waals surface area contributed by atoms with E-state index >= 15 is 0 Å². The van der Waals surface area contributed by atoms with Gasteiger partial charge >= 0.3 is 11.9 Å². The van der Waals surface area contributed by atoms with Gasteiger partial charge in [-0.2, -0.15) is 0 Å². The molecule has 0 spiro atoms. The highest BCUT2D eigenvalue weighted by molar-refractivity contribution is 5.87. The van der Waals surface area contributed by atoms with Crippen molar-refractivity contribution in [2.24, 2.45) is 23.2 Å². The quantitative estimate of drug-likeness (QED) is 0.677. The number of hydrogen-bond donors (Lipinski definition) is 0. The van der Waals surface area contributed by atoms with Crippen molar-refractivity contribution in [3.8, 4) is 0 Å². The van der Waals surface area contributed by atoms with Crippen LogP contribution in [0.2, 0.25) is 0 Å². The number of carbonyl (C=O) groups is 3. The molecule has 1 atom stereocenters. The Morgan fingerprint density at radius 3 is 2.23 bits per heavy atom. The number of amides is 1. The van der Waals surface area contributed by atoms with E-state index in [0.29, 0.717) is 19.4 Å². The van der Waals surface area contributed by atoms with Gasteiger partial charge in [0.15, 0.2) is 6.61 Å². The summed E-state index contributed by atoms with van der Waals surface area (Å²) in [5.41, 5.74) is 2.14. The fourth-order valence-electron chi connectivity index (χ4n) is 7.22. The summed E-state index contributed by atoms with van der Waals surface area (Å²) in [7, 11) is 1.33. The van der Waals surface area contributed by atoms with E-state index in [2.05, 4.69) is 0 Å². The minimum Gasteiger partial charge on any atom is -0.467 e. The first-order valence-electron chi connectivity index (χ1n) is 11.5. The molecule has 4 aliphatic carbocycles.